The summed E-state index contributed by atoms with van der Waals surface area (Å²) in [6.07, 6.45) is 7.05. The Labute approximate surface area is 89.2 Å². The molecule has 2 rings (SSSR count). The van der Waals surface area contributed by atoms with Crippen molar-refractivity contribution in [3.05, 3.63) is 23.8 Å². The average Bonchev–Trinajstić information content (AvgIpc) is 2.30. The largest absolute Gasteiger partial charge is 0.320 e. The zero-order valence-corrected chi connectivity index (χ0v) is 8.61. The highest BCUT2D eigenvalue weighted by molar-refractivity contribution is 5.19. The van der Waals surface area contributed by atoms with Crippen molar-refractivity contribution in [2.24, 2.45) is 5.73 Å². The minimum atomic E-state index is -0.340. The number of hydrogen-bond acceptors (Lipinski definition) is 4. The predicted molar refractivity (Wildman–Crippen MR) is 55.7 cm³/mol. The Morgan fingerprint density at radius 2 is 2.07 bits per heavy atom. The summed E-state index contributed by atoms with van der Waals surface area (Å²) >= 11 is 0. The summed E-state index contributed by atoms with van der Waals surface area (Å²) in [6.45, 7) is 0. The summed E-state index contributed by atoms with van der Waals surface area (Å²) in [4.78, 5) is 8.05. The first-order valence-electron chi connectivity index (χ1n) is 5.27. The highest BCUT2D eigenvalue weighted by Crippen LogP contribution is 2.33. The summed E-state index contributed by atoms with van der Waals surface area (Å²) in [5.74, 6) is 0.211. The molecule has 0 atom stereocenters. The van der Waals surface area contributed by atoms with E-state index in [0.717, 1.165) is 31.4 Å². The molecule has 0 aromatic carbocycles. The zero-order chi connectivity index (χ0) is 10.7. The van der Waals surface area contributed by atoms with Gasteiger partial charge in [-0.25, -0.2) is 9.97 Å². The molecule has 1 aromatic heterocycles. The molecule has 1 aromatic rings. The van der Waals surface area contributed by atoms with Gasteiger partial charge < -0.3 is 5.73 Å². The third kappa shape index (κ3) is 1.97. The minimum absolute atomic E-state index is 0.211. The third-order valence-electron chi connectivity index (χ3n) is 3.01. The zero-order valence-electron chi connectivity index (χ0n) is 8.61. The van der Waals surface area contributed by atoms with Crippen molar-refractivity contribution >= 4 is 0 Å². The van der Waals surface area contributed by atoms with E-state index in [-0.39, 0.29) is 11.4 Å². The van der Waals surface area contributed by atoms with Gasteiger partial charge in [-0.15, -0.1) is 0 Å². The molecule has 0 unspecified atom stereocenters. The van der Waals surface area contributed by atoms with Crippen LogP contribution in [0.2, 0.25) is 0 Å². The maximum atomic E-state index is 8.73. The van der Waals surface area contributed by atoms with Crippen LogP contribution in [0.4, 0.5) is 0 Å². The number of nitrogens with two attached hydrogens (primary N) is 1. The normalized spacial score (nSPS) is 19.5. The molecule has 1 saturated carbocycles. The topological polar surface area (TPSA) is 75.6 Å². The van der Waals surface area contributed by atoms with Crippen molar-refractivity contribution in [2.45, 2.75) is 37.6 Å². The second kappa shape index (κ2) is 3.95. The van der Waals surface area contributed by atoms with Gasteiger partial charge in [0, 0.05) is 6.20 Å². The standard InChI is InChI=1S/C11H14N4/c12-8-10-14-7-4-9(15-10)11(13)5-2-1-3-6-11/h4,7H,1-3,5-6,13H2. The van der Waals surface area contributed by atoms with Crippen LogP contribution in [0.5, 0.6) is 0 Å². The lowest BCUT2D eigenvalue weighted by molar-refractivity contribution is 0.294. The SMILES string of the molecule is N#Cc1nccc(C2(N)CCCCC2)n1. The van der Waals surface area contributed by atoms with Crippen molar-refractivity contribution in [1.29, 1.82) is 5.26 Å². The van der Waals surface area contributed by atoms with E-state index in [9.17, 15) is 0 Å². The molecule has 4 heteroatoms. The fourth-order valence-corrected chi connectivity index (χ4v) is 2.13. The van der Waals surface area contributed by atoms with E-state index in [1.807, 2.05) is 12.1 Å². The average molecular weight is 202 g/mol. The van der Waals surface area contributed by atoms with Gasteiger partial charge in [-0.3, -0.25) is 0 Å². The van der Waals surface area contributed by atoms with Gasteiger partial charge in [0.15, 0.2) is 0 Å². The molecule has 15 heavy (non-hydrogen) atoms. The van der Waals surface area contributed by atoms with Crippen LogP contribution in [-0.2, 0) is 5.54 Å². The summed E-state index contributed by atoms with van der Waals surface area (Å²) in [6, 6.07) is 3.77. The van der Waals surface area contributed by atoms with Crippen molar-refractivity contribution in [1.82, 2.24) is 9.97 Å². The van der Waals surface area contributed by atoms with E-state index in [4.69, 9.17) is 11.0 Å². The first-order chi connectivity index (χ1) is 7.24. The summed E-state index contributed by atoms with van der Waals surface area (Å²) in [5.41, 5.74) is 6.78. The fourth-order valence-electron chi connectivity index (χ4n) is 2.13. The Hall–Kier alpha value is -1.47. The van der Waals surface area contributed by atoms with Crippen LogP contribution in [0.3, 0.4) is 0 Å². The number of rotatable bonds is 1. The van der Waals surface area contributed by atoms with E-state index in [1.54, 1.807) is 6.20 Å². The van der Waals surface area contributed by atoms with Gasteiger partial charge in [0.25, 0.3) is 0 Å². The van der Waals surface area contributed by atoms with Gasteiger partial charge in [0.2, 0.25) is 5.82 Å². The van der Waals surface area contributed by atoms with Crippen molar-refractivity contribution in [3.8, 4) is 6.07 Å². The molecule has 0 spiro atoms. The van der Waals surface area contributed by atoms with Crippen LogP contribution >= 0.6 is 0 Å². The molecule has 4 nitrogen and oxygen atoms in total. The minimum Gasteiger partial charge on any atom is -0.320 e. The molecule has 0 amide bonds. The quantitative estimate of drug-likeness (QED) is 0.748. The molecule has 2 N–H and O–H groups in total. The number of nitriles is 1. The molecular weight excluding hydrogens is 188 g/mol. The molecule has 0 aliphatic heterocycles. The first kappa shape index (κ1) is 10.1. The smallest absolute Gasteiger partial charge is 0.232 e. The van der Waals surface area contributed by atoms with Gasteiger partial charge in [0.05, 0.1) is 11.2 Å². The molecule has 0 saturated heterocycles. The Balaban J connectivity index is 2.31. The third-order valence-corrected chi connectivity index (χ3v) is 3.01. The molecule has 78 valence electrons. The number of nitrogens with zero attached hydrogens (tertiary/aromatic N) is 3. The highest BCUT2D eigenvalue weighted by atomic mass is 14.9. The van der Waals surface area contributed by atoms with Crippen molar-refractivity contribution in [2.75, 3.05) is 0 Å². The molecular formula is C11H14N4. The van der Waals surface area contributed by atoms with Gasteiger partial charge in [-0.1, -0.05) is 19.3 Å². The summed E-state index contributed by atoms with van der Waals surface area (Å²) in [7, 11) is 0. The highest BCUT2D eigenvalue weighted by Gasteiger charge is 2.30. The van der Waals surface area contributed by atoms with Crippen LogP contribution in [-0.4, -0.2) is 9.97 Å². The predicted octanol–water partition coefficient (Wildman–Crippen LogP) is 1.47. The summed E-state index contributed by atoms with van der Waals surface area (Å²) < 4.78 is 0. The van der Waals surface area contributed by atoms with Crippen LogP contribution in [0.15, 0.2) is 12.3 Å². The van der Waals surface area contributed by atoms with E-state index in [1.165, 1.54) is 6.42 Å². The monoisotopic (exact) mass is 202 g/mol. The Morgan fingerprint density at radius 1 is 1.33 bits per heavy atom. The number of aromatic nitrogens is 2. The second-order valence-corrected chi connectivity index (χ2v) is 4.09. The maximum Gasteiger partial charge on any atom is 0.232 e. The van der Waals surface area contributed by atoms with Crippen LogP contribution in [0, 0.1) is 11.3 Å². The van der Waals surface area contributed by atoms with Gasteiger partial charge in [-0.05, 0) is 18.9 Å². The maximum absolute atomic E-state index is 8.73. The van der Waals surface area contributed by atoms with Crippen LogP contribution < -0.4 is 5.73 Å². The van der Waals surface area contributed by atoms with Crippen LogP contribution in [0.1, 0.15) is 43.6 Å². The van der Waals surface area contributed by atoms with Crippen LogP contribution in [0.25, 0.3) is 0 Å². The lowest BCUT2D eigenvalue weighted by Crippen LogP contribution is -2.39. The second-order valence-electron chi connectivity index (χ2n) is 4.09. The first-order valence-corrected chi connectivity index (χ1v) is 5.27. The van der Waals surface area contributed by atoms with E-state index >= 15 is 0 Å². The molecule has 1 fully saturated rings. The van der Waals surface area contributed by atoms with E-state index < -0.39 is 0 Å². The van der Waals surface area contributed by atoms with Gasteiger partial charge in [-0.2, -0.15) is 5.26 Å². The summed E-state index contributed by atoms with van der Waals surface area (Å²) in [5, 5.41) is 8.73. The van der Waals surface area contributed by atoms with Gasteiger partial charge >= 0.3 is 0 Å². The van der Waals surface area contributed by atoms with Crippen molar-refractivity contribution in [3.63, 3.8) is 0 Å². The lowest BCUT2D eigenvalue weighted by atomic mass is 9.80. The van der Waals surface area contributed by atoms with Crippen molar-refractivity contribution < 1.29 is 0 Å². The number of hydrogen-bond donors (Lipinski definition) is 1. The van der Waals surface area contributed by atoms with E-state index in [0.29, 0.717) is 0 Å². The van der Waals surface area contributed by atoms with E-state index in [2.05, 4.69) is 9.97 Å². The van der Waals surface area contributed by atoms with Gasteiger partial charge in [0.1, 0.15) is 6.07 Å². The Morgan fingerprint density at radius 3 is 2.73 bits per heavy atom. The Bertz CT molecular complexity index is 388. The Kier molecular flexibility index (Phi) is 2.65. The molecule has 0 radical (unpaired) electrons. The molecule has 0 bridgehead atoms. The molecule has 1 heterocycles. The molecule has 1 aliphatic carbocycles. The fraction of sp³-hybridized carbons (Fsp3) is 0.545. The molecule has 1 aliphatic rings. The lowest BCUT2D eigenvalue weighted by Gasteiger charge is -2.32.